The van der Waals surface area contributed by atoms with Crippen molar-refractivity contribution in [1.82, 2.24) is 9.97 Å². The van der Waals surface area contributed by atoms with Crippen molar-refractivity contribution in [3.8, 4) is 22.9 Å². The topological polar surface area (TPSA) is 111 Å². The fraction of sp³-hybridized carbons (Fsp3) is 0.304. The summed E-state index contributed by atoms with van der Waals surface area (Å²) in [7, 11) is 0. The Morgan fingerprint density at radius 2 is 2.07 bits per heavy atom. The lowest BCUT2D eigenvalue weighted by Gasteiger charge is -2.30. The molecule has 1 amide bonds. The van der Waals surface area contributed by atoms with Crippen molar-refractivity contribution in [1.29, 1.82) is 5.26 Å². The van der Waals surface area contributed by atoms with Crippen molar-refractivity contribution >= 4 is 17.0 Å². The van der Waals surface area contributed by atoms with Gasteiger partial charge in [0.25, 0.3) is 0 Å². The number of nitrogens with two attached hydrogens (primary N) is 1. The normalized spacial score (nSPS) is 12.9. The number of carbonyl (C=O) groups excluding carboxylic acids is 1. The lowest BCUT2D eigenvalue weighted by atomic mass is 9.95. The second kappa shape index (κ2) is 8.78. The van der Waals surface area contributed by atoms with E-state index in [1.165, 1.54) is 0 Å². The number of pyridine rings is 2. The van der Waals surface area contributed by atoms with E-state index in [1.807, 2.05) is 32.0 Å². The third kappa shape index (κ3) is 4.84. The van der Waals surface area contributed by atoms with Crippen LogP contribution in [0.4, 0.5) is 4.79 Å². The van der Waals surface area contributed by atoms with Gasteiger partial charge < -0.3 is 15.2 Å². The molecular weight excluding hydrogens is 380 g/mol. The Labute approximate surface area is 175 Å². The standard InChI is InChI=1S/C23H24N4O3/c1-15(2)11-23(3,30-22(25)28)14-29-21-5-4-16(10-17(21)12-24)18-6-9-27-20-7-8-26-13-19(18)20/h4-10,13,15H,11,14H2,1-3H3,(H2,25,28)/t23-/m0/s1. The lowest BCUT2D eigenvalue weighted by Crippen LogP contribution is -2.41. The Hall–Kier alpha value is -3.66. The summed E-state index contributed by atoms with van der Waals surface area (Å²) >= 11 is 0. The molecular formula is C23H24N4O3. The molecule has 7 heteroatoms. The fourth-order valence-corrected chi connectivity index (χ4v) is 3.62. The minimum absolute atomic E-state index is 0.0876. The van der Waals surface area contributed by atoms with Gasteiger partial charge in [0.1, 0.15) is 24.0 Å². The first-order valence-corrected chi connectivity index (χ1v) is 9.66. The van der Waals surface area contributed by atoms with Gasteiger partial charge in [-0.15, -0.1) is 0 Å². The Balaban J connectivity index is 1.89. The van der Waals surface area contributed by atoms with Crippen LogP contribution in [0.15, 0.2) is 48.9 Å². The van der Waals surface area contributed by atoms with E-state index in [0.29, 0.717) is 17.7 Å². The van der Waals surface area contributed by atoms with Gasteiger partial charge in [0, 0.05) is 24.0 Å². The van der Waals surface area contributed by atoms with Gasteiger partial charge in [0.2, 0.25) is 0 Å². The average molecular weight is 404 g/mol. The summed E-state index contributed by atoms with van der Waals surface area (Å²) in [6.45, 7) is 5.90. The molecule has 0 saturated carbocycles. The monoisotopic (exact) mass is 404 g/mol. The van der Waals surface area contributed by atoms with Gasteiger partial charge >= 0.3 is 6.09 Å². The highest BCUT2D eigenvalue weighted by Gasteiger charge is 2.30. The van der Waals surface area contributed by atoms with Crippen LogP contribution in [0.1, 0.15) is 32.8 Å². The fourth-order valence-electron chi connectivity index (χ4n) is 3.62. The predicted octanol–water partition coefficient (Wildman–Crippen LogP) is 4.45. The predicted molar refractivity (Wildman–Crippen MR) is 114 cm³/mol. The Morgan fingerprint density at radius 3 is 2.77 bits per heavy atom. The smallest absolute Gasteiger partial charge is 0.405 e. The van der Waals surface area contributed by atoms with Crippen LogP contribution in [0.3, 0.4) is 0 Å². The molecule has 0 spiro atoms. The van der Waals surface area contributed by atoms with Crippen molar-refractivity contribution in [2.45, 2.75) is 32.8 Å². The first kappa shape index (κ1) is 21.1. The maximum atomic E-state index is 11.3. The lowest BCUT2D eigenvalue weighted by molar-refractivity contribution is -0.0186. The highest BCUT2D eigenvalue weighted by atomic mass is 16.6. The van der Waals surface area contributed by atoms with Gasteiger partial charge in [-0.3, -0.25) is 9.97 Å². The van der Waals surface area contributed by atoms with Gasteiger partial charge in [-0.25, -0.2) is 4.79 Å². The molecule has 0 unspecified atom stereocenters. The Bertz CT molecular complexity index is 1100. The number of fused-ring (bicyclic) bond motifs is 1. The van der Waals surface area contributed by atoms with E-state index in [4.69, 9.17) is 15.2 Å². The van der Waals surface area contributed by atoms with E-state index in [1.54, 1.807) is 37.6 Å². The molecule has 0 aliphatic carbocycles. The van der Waals surface area contributed by atoms with Gasteiger partial charge in [-0.2, -0.15) is 5.26 Å². The molecule has 0 fully saturated rings. The van der Waals surface area contributed by atoms with Gasteiger partial charge in [-0.1, -0.05) is 19.9 Å². The highest BCUT2D eigenvalue weighted by Crippen LogP contribution is 2.31. The van der Waals surface area contributed by atoms with Gasteiger partial charge in [0.05, 0.1) is 11.1 Å². The van der Waals surface area contributed by atoms with Crippen molar-refractivity contribution in [3.05, 3.63) is 54.5 Å². The number of carbonyl (C=O) groups is 1. The zero-order chi connectivity index (χ0) is 21.7. The quantitative estimate of drug-likeness (QED) is 0.623. The van der Waals surface area contributed by atoms with E-state index >= 15 is 0 Å². The number of primary amides is 1. The van der Waals surface area contributed by atoms with Crippen LogP contribution in [0.2, 0.25) is 0 Å². The van der Waals surface area contributed by atoms with Crippen LogP contribution < -0.4 is 10.5 Å². The van der Waals surface area contributed by atoms with Crippen LogP contribution in [0, 0.1) is 17.2 Å². The number of amides is 1. The maximum absolute atomic E-state index is 11.3. The van der Waals surface area contributed by atoms with Crippen LogP contribution in [-0.4, -0.2) is 28.3 Å². The second-order valence-electron chi connectivity index (χ2n) is 7.83. The first-order chi connectivity index (χ1) is 14.3. The molecule has 7 nitrogen and oxygen atoms in total. The molecule has 0 aliphatic heterocycles. The molecule has 2 aromatic heterocycles. The maximum Gasteiger partial charge on any atom is 0.405 e. The zero-order valence-electron chi connectivity index (χ0n) is 17.3. The van der Waals surface area contributed by atoms with Crippen molar-refractivity contribution < 1.29 is 14.3 Å². The molecule has 0 saturated heterocycles. The summed E-state index contributed by atoms with van der Waals surface area (Å²) in [6, 6.07) is 11.3. The number of ether oxygens (including phenoxy) is 2. The average Bonchev–Trinajstić information content (AvgIpc) is 2.70. The molecule has 0 bridgehead atoms. The van der Waals surface area contributed by atoms with Crippen LogP contribution in [0.25, 0.3) is 22.0 Å². The van der Waals surface area contributed by atoms with E-state index in [2.05, 4.69) is 16.0 Å². The SMILES string of the molecule is CC(C)C[C@@](C)(COc1ccc(-c2ccnc3ccncc23)cc1C#N)OC(N)=O. The molecule has 0 radical (unpaired) electrons. The van der Waals surface area contributed by atoms with E-state index in [-0.39, 0.29) is 12.5 Å². The summed E-state index contributed by atoms with van der Waals surface area (Å²) in [5.74, 6) is 0.685. The Kier molecular flexibility index (Phi) is 6.17. The van der Waals surface area contributed by atoms with Crippen LogP contribution in [-0.2, 0) is 4.74 Å². The van der Waals surface area contributed by atoms with Gasteiger partial charge in [0.15, 0.2) is 0 Å². The summed E-state index contributed by atoms with van der Waals surface area (Å²) in [4.78, 5) is 19.9. The molecule has 2 heterocycles. The van der Waals surface area contributed by atoms with Crippen LogP contribution in [0.5, 0.6) is 5.75 Å². The minimum Gasteiger partial charge on any atom is -0.488 e. The molecule has 3 aromatic rings. The number of aromatic nitrogens is 2. The second-order valence-corrected chi connectivity index (χ2v) is 7.83. The third-order valence-electron chi connectivity index (χ3n) is 4.67. The molecule has 2 N–H and O–H groups in total. The minimum atomic E-state index is -0.891. The summed E-state index contributed by atoms with van der Waals surface area (Å²) in [5, 5.41) is 10.6. The molecule has 30 heavy (non-hydrogen) atoms. The zero-order valence-corrected chi connectivity index (χ0v) is 17.3. The molecule has 1 aromatic carbocycles. The number of nitrogens with zero attached hydrogens (tertiary/aromatic N) is 3. The van der Waals surface area contributed by atoms with Crippen molar-refractivity contribution in [2.24, 2.45) is 11.7 Å². The number of hydrogen-bond donors (Lipinski definition) is 1. The number of hydrogen-bond acceptors (Lipinski definition) is 6. The first-order valence-electron chi connectivity index (χ1n) is 9.66. The van der Waals surface area contributed by atoms with E-state index < -0.39 is 11.7 Å². The van der Waals surface area contributed by atoms with E-state index in [9.17, 15) is 10.1 Å². The number of nitriles is 1. The summed E-state index contributed by atoms with van der Waals surface area (Å²) in [6.07, 6.45) is 4.90. The molecule has 0 aliphatic rings. The molecule has 1 atom stereocenters. The highest BCUT2D eigenvalue weighted by molar-refractivity contribution is 5.93. The van der Waals surface area contributed by atoms with Crippen molar-refractivity contribution in [3.63, 3.8) is 0 Å². The number of benzene rings is 1. The van der Waals surface area contributed by atoms with E-state index in [0.717, 1.165) is 22.0 Å². The van der Waals surface area contributed by atoms with Crippen molar-refractivity contribution in [2.75, 3.05) is 6.61 Å². The molecule has 3 rings (SSSR count). The van der Waals surface area contributed by atoms with Crippen LogP contribution >= 0.6 is 0 Å². The number of rotatable bonds is 7. The summed E-state index contributed by atoms with van der Waals surface area (Å²) in [5.41, 5.74) is 7.34. The molecule has 154 valence electrons. The largest absolute Gasteiger partial charge is 0.488 e. The Morgan fingerprint density at radius 1 is 1.27 bits per heavy atom. The summed E-state index contributed by atoms with van der Waals surface area (Å²) < 4.78 is 11.2. The van der Waals surface area contributed by atoms with Gasteiger partial charge in [-0.05, 0) is 54.7 Å². The third-order valence-corrected chi connectivity index (χ3v) is 4.67.